The van der Waals surface area contributed by atoms with Crippen molar-refractivity contribution in [2.24, 2.45) is 5.73 Å². The molecule has 0 spiro atoms. The summed E-state index contributed by atoms with van der Waals surface area (Å²) in [7, 11) is 0. The van der Waals surface area contributed by atoms with Crippen molar-refractivity contribution >= 4 is 5.97 Å². The maximum Gasteiger partial charge on any atom is 0.163 e. The number of carbonyl (C=O) groups is 1. The molecule has 0 aromatic carbocycles. The van der Waals surface area contributed by atoms with Gasteiger partial charge < -0.3 is 24.2 Å². The van der Waals surface area contributed by atoms with E-state index in [1.165, 1.54) is 32.1 Å². The summed E-state index contributed by atoms with van der Waals surface area (Å²) >= 11 is 0. The fraction of sp³-hybridized carbons (Fsp3) is 0.688. The van der Waals surface area contributed by atoms with Gasteiger partial charge >= 0.3 is 0 Å². The summed E-state index contributed by atoms with van der Waals surface area (Å²) in [6.07, 6.45) is 14.4. The Morgan fingerprint density at radius 3 is 2.20 bits per heavy atom. The van der Waals surface area contributed by atoms with E-state index in [0.29, 0.717) is 6.42 Å². The molecular formula is C16H31CuNO2-4. The maximum absolute atomic E-state index is 10.1. The standard InChI is InChI=1S/C12H21O2.C4H10N.Cu/c1-2-3-4-5-6-7-8-9-10-11-12(13)14;1-2-3-4-5;/h8,11H,1-7,9-10H2,(H,13,14);4H,2-3,5H2,1H3;/q-3;-1;. The average Bonchev–Trinajstić information content (AvgIpc) is 2.38. The first-order valence-corrected chi connectivity index (χ1v) is 7.39. The average molecular weight is 333 g/mol. The van der Waals surface area contributed by atoms with E-state index in [1.54, 1.807) is 6.54 Å². The number of carboxylic acid groups (broad SMARTS) is 1. The van der Waals surface area contributed by atoms with E-state index < -0.39 is 5.97 Å². The van der Waals surface area contributed by atoms with E-state index in [4.69, 9.17) is 10.8 Å². The van der Waals surface area contributed by atoms with E-state index in [9.17, 15) is 4.79 Å². The zero-order chi connectivity index (χ0) is 14.8. The normalized spacial score (nSPS) is 9.15. The second-order valence-electron chi connectivity index (χ2n) is 4.49. The van der Waals surface area contributed by atoms with Gasteiger partial charge in [-0.25, -0.2) is 6.42 Å². The van der Waals surface area contributed by atoms with Crippen molar-refractivity contribution in [2.45, 2.75) is 71.1 Å². The van der Waals surface area contributed by atoms with Gasteiger partial charge in [-0.3, -0.25) is 17.8 Å². The minimum Gasteiger partial charge on any atom is -0.503 e. The Bertz CT molecular complexity index is 176. The molecule has 0 saturated heterocycles. The minimum atomic E-state index is -0.811. The summed E-state index contributed by atoms with van der Waals surface area (Å²) in [5.74, 6) is -0.811. The van der Waals surface area contributed by atoms with Crippen molar-refractivity contribution < 1.29 is 27.0 Å². The predicted octanol–water partition coefficient (Wildman–Crippen LogP) is 4.34. The van der Waals surface area contributed by atoms with Crippen LogP contribution in [0.15, 0.2) is 0 Å². The molecule has 0 amide bonds. The monoisotopic (exact) mass is 332 g/mol. The molecule has 0 bridgehead atoms. The molecule has 3 nitrogen and oxygen atoms in total. The Kier molecular flexibility index (Phi) is 29.6. The van der Waals surface area contributed by atoms with Gasteiger partial charge in [-0.05, 0) is 0 Å². The quantitative estimate of drug-likeness (QED) is 0.317. The fourth-order valence-corrected chi connectivity index (χ4v) is 1.45. The molecule has 20 heavy (non-hydrogen) atoms. The van der Waals surface area contributed by atoms with E-state index in [2.05, 4.69) is 20.3 Å². The van der Waals surface area contributed by atoms with Crippen LogP contribution in [0.25, 0.3) is 0 Å². The number of hydrogen-bond acceptors (Lipinski definition) is 2. The molecule has 0 aliphatic heterocycles. The molecule has 0 unspecified atom stereocenters. The predicted molar refractivity (Wildman–Crippen MR) is 81.9 cm³/mol. The van der Waals surface area contributed by atoms with Crippen LogP contribution in [0.4, 0.5) is 0 Å². The number of hydrogen-bond donors (Lipinski definition) is 2. The van der Waals surface area contributed by atoms with Gasteiger partial charge in [0.05, 0.1) is 0 Å². The molecule has 3 N–H and O–H groups in total. The van der Waals surface area contributed by atoms with Crippen LogP contribution in [0.2, 0.25) is 0 Å². The molecule has 127 valence electrons. The molecule has 0 aromatic rings. The molecule has 0 atom stereocenters. The third-order valence-corrected chi connectivity index (χ3v) is 2.55. The molecule has 0 fully saturated rings. The van der Waals surface area contributed by atoms with Crippen molar-refractivity contribution in [1.29, 1.82) is 0 Å². The van der Waals surface area contributed by atoms with Gasteiger partial charge in [-0.2, -0.15) is 25.7 Å². The van der Waals surface area contributed by atoms with Crippen LogP contribution in [0.1, 0.15) is 71.1 Å². The van der Waals surface area contributed by atoms with E-state index in [1.807, 2.05) is 0 Å². The molecule has 4 heteroatoms. The van der Waals surface area contributed by atoms with Crippen LogP contribution in [0, 0.1) is 26.3 Å². The van der Waals surface area contributed by atoms with Gasteiger partial charge in [0, 0.05) is 17.1 Å². The minimum absolute atomic E-state index is 0. The fourth-order valence-electron chi connectivity index (χ4n) is 1.45. The molecule has 0 aromatic heterocycles. The topological polar surface area (TPSA) is 63.3 Å². The zero-order valence-electron chi connectivity index (χ0n) is 12.7. The number of nitrogens with two attached hydrogens (primary N) is 1. The van der Waals surface area contributed by atoms with E-state index in [0.717, 1.165) is 32.1 Å². The van der Waals surface area contributed by atoms with Crippen LogP contribution >= 0.6 is 0 Å². The largest absolute Gasteiger partial charge is 0.503 e. The van der Waals surface area contributed by atoms with Gasteiger partial charge in [0.15, 0.2) is 5.97 Å². The van der Waals surface area contributed by atoms with Crippen LogP contribution in [-0.4, -0.2) is 11.1 Å². The third kappa shape index (κ3) is 30.7. The molecule has 0 aliphatic rings. The number of aliphatic carboxylic acids is 1. The van der Waals surface area contributed by atoms with Gasteiger partial charge in [0.2, 0.25) is 0 Å². The van der Waals surface area contributed by atoms with E-state index >= 15 is 0 Å². The Labute approximate surface area is 136 Å². The van der Waals surface area contributed by atoms with Crippen LogP contribution < -0.4 is 5.73 Å². The van der Waals surface area contributed by atoms with Crippen molar-refractivity contribution in [1.82, 2.24) is 0 Å². The Hall–Kier alpha value is -0.181. The van der Waals surface area contributed by atoms with E-state index in [-0.39, 0.29) is 17.1 Å². The van der Waals surface area contributed by atoms with Crippen LogP contribution in [-0.2, 0) is 21.9 Å². The van der Waals surface area contributed by atoms with Gasteiger partial charge in [-0.15, -0.1) is 0 Å². The van der Waals surface area contributed by atoms with Crippen molar-refractivity contribution in [2.75, 3.05) is 0 Å². The molecule has 0 heterocycles. The smallest absolute Gasteiger partial charge is 0.163 e. The molecule has 0 saturated carbocycles. The first-order chi connectivity index (χ1) is 9.18. The van der Waals surface area contributed by atoms with Crippen molar-refractivity contribution in [3.8, 4) is 0 Å². The Balaban J connectivity index is -0.000000414. The summed E-state index contributed by atoms with van der Waals surface area (Å²) in [5, 5.41) is 8.34. The summed E-state index contributed by atoms with van der Waals surface area (Å²) < 4.78 is 0. The molecule has 0 aliphatic carbocycles. The summed E-state index contributed by atoms with van der Waals surface area (Å²) in [6, 6.07) is 0. The molecular weight excluding hydrogens is 302 g/mol. The number of rotatable bonds is 12. The summed E-state index contributed by atoms with van der Waals surface area (Å²) in [4.78, 5) is 10.1. The maximum atomic E-state index is 10.1. The Morgan fingerprint density at radius 1 is 1.10 bits per heavy atom. The molecule has 1 radical (unpaired) electrons. The first kappa shape index (κ1) is 24.8. The van der Waals surface area contributed by atoms with Gasteiger partial charge in [0.1, 0.15) is 0 Å². The summed E-state index contributed by atoms with van der Waals surface area (Å²) in [5.41, 5.74) is 5.01. The third-order valence-electron chi connectivity index (χ3n) is 2.55. The van der Waals surface area contributed by atoms with Crippen LogP contribution in [0.3, 0.4) is 0 Å². The van der Waals surface area contributed by atoms with Crippen molar-refractivity contribution in [3.05, 3.63) is 26.3 Å². The zero-order valence-corrected chi connectivity index (χ0v) is 13.7. The van der Waals surface area contributed by atoms with Crippen LogP contribution in [0.5, 0.6) is 0 Å². The second-order valence-corrected chi connectivity index (χ2v) is 4.49. The first-order valence-electron chi connectivity index (χ1n) is 7.39. The number of unbranched alkanes of at least 4 members (excludes halogenated alkanes) is 9. The summed E-state index contributed by atoms with van der Waals surface area (Å²) in [6.45, 7) is 7.57. The number of carboxylic acids is 1. The molecule has 0 rings (SSSR count). The van der Waals surface area contributed by atoms with Crippen molar-refractivity contribution in [3.63, 3.8) is 0 Å². The Morgan fingerprint density at radius 2 is 1.75 bits per heavy atom. The SMILES string of the molecule is CCC[CH-]N.[CH2-]CCCCCC[CH-]CC[CH-]C(=O)O.[Cu]. The van der Waals surface area contributed by atoms with Gasteiger partial charge in [-0.1, -0.05) is 39.0 Å². The van der Waals surface area contributed by atoms with Gasteiger partial charge in [0.25, 0.3) is 0 Å². The second kappa shape index (κ2) is 23.9.